The Hall–Kier alpha value is -4.37. The van der Waals surface area contributed by atoms with Crippen LogP contribution in [0.2, 0.25) is 0 Å². The van der Waals surface area contributed by atoms with Crippen LogP contribution in [0.1, 0.15) is 15.9 Å². The Morgan fingerprint density at radius 1 is 0.806 bits per heavy atom. The number of rotatable bonds is 5. The Balaban J connectivity index is 1.36. The third kappa shape index (κ3) is 5.31. The molecule has 4 aromatic rings. The number of amides is 2. The third-order valence-electron chi connectivity index (χ3n) is 5.83. The fourth-order valence-corrected chi connectivity index (χ4v) is 4.04. The second kappa shape index (κ2) is 10.1. The van der Waals surface area contributed by atoms with Crippen molar-refractivity contribution in [1.29, 1.82) is 0 Å². The summed E-state index contributed by atoms with van der Waals surface area (Å²) in [6, 6.07) is 15.3. The molecule has 2 heterocycles. The van der Waals surface area contributed by atoms with Crippen LogP contribution in [-0.2, 0) is 4.74 Å². The summed E-state index contributed by atoms with van der Waals surface area (Å²) in [6.45, 7) is 2.82. The number of carbonyl (C=O) groups excluding carboxylic acids is 2. The van der Waals surface area contributed by atoms with Crippen LogP contribution < -0.4 is 15.5 Å². The van der Waals surface area contributed by atoms with E-state index < -0.39 is 23.4 Å². The summed E-state index contributed by atoms with van der Waals surface area (Å²) in [6.07, 6.45) is 1.80. The number of nitrogens with zero attached hydrogens (tertiary/aromatic N) is 2. The van der Waals surface area contributed by atoms with Crippen molar-refractivity contribution < 1.29 is 23.1 Å². The fourth-order valence-electron chi connectivity index (χ4n) is 4.04. The minimum atomic E-state index is -0.671. The largest absolute Gasteiger partial charge is 0.378 e. The number of urea groups is 1. The molecular weight excluding hydrogens is 466 g/mol. The van der Waals surface area contributed by atoms with E-state index in [1.54, 1.807) is 24.4 Å². The number of pyridine rings is 1. The number of hydrogen-bond acceptors (Lipinski definition) is 5. The molecule has 1 aromatic heterocycles. The second-order valence-corrected chi connectivity index (χ2v) is 8.34. The minimum Gasteiger partial charge on any atom is -0.378 e. The van der Waals surface area contributed by atoms with Crippen molar-refractivity contribution in [2.24, 2.45) is 0 Å². The molecule has 0 bridgehead atoms. The molecule has 0 unspecified atom stereocenters. The molecule has 36 heavy (non-hydrogen) atoms. The topological polar surface area (TPSA) is 83.6 Å². The van der Waals surface area contributed by atoms with Crippen molar-refractivity contribution in [2.75, 3.05) is 41.8 Å². The first-order valence-electron chi connectivity index (χ1n) is 11.4. The van der Waals surface area contributed by atoms with Gasteiger partial charge in [0.15, 0.2) is 5.78 Å². The lowest BCUT2D eigenvalue weighted by molar-refractivity contribution is 0.103. The Labute approximate surface area is 205 Å². The van der Waals surface area contributed by atoms with Crippen molar-refractivity contribution in [3.63, 3.8) is 0 Å². The van der Waals surface area contributed by atoms with Gasteiger partial charge in [0.25, 0.3) is 0 Å². The lowest BCUT2D eigenvalue weighted by Crippen LogP contribution is -2.36. The molecule has 5 rings (SSSR count). The average Bonchev–Trinajstić information content (AvgIpc) is 2.89. The quantitative estimate of drug-likeness (QED) is 0.376. The standard InChI is InChI=1S/C27H22F2N4O3/c28-20-2-4-22(5-3-20)31-27(35)32-23-13-19(12-21(29)15-23)26(34)17-1-6-25-18(11-17)14-24(16-30-25)33-7-9-36-10-8-33/h1-6,11-16H,7-10H2,(H2,31,32,35). The summed E-state index contributed by atoms with van der Waals surface area (Å²) in [7, 11) is 0. The van der Waals surface area contributed by atoms with E-state index in [0.29, 0.717) is 24.5 Å². The summed E-state index contributed by atoms with van der Waals surface area (Å²) in [5.41, 5.74) is 2.61. The van der Waals surface area contributed by atoms with Crippen LogP contribution in [0.25, 0.3) is 10.9 Å². The zero-order valence-corrected chi connectivity index (χ0v) is 19.1. The van der Waals surface area contributed by atoms with Gasteiger partial charge in [0.2, 0.25) is 0 Å². The van der Waals surface area contributed by atoms with Crippen molar-refractivity contribution in [3.8, 4) is 0 Å². The normalized spacial score (nSPS) is 13.4. The van der Waals surface area contributed by atoms with Gasteiger partial charge < -0.3 is 20.3 Å². The van der Waals surface area contributed by atoms with E-state index in [0.717, 1.165) is 41.8 Å². The Kier molecular flexibility index (Phi) is 6.55. The lowest BCUT2D eigenvalue weighted by Gasteiger charge is -2.28. The second-order valence-electron chi connectivity index (χ2n) is 8.34. The van der Waals surface area contributed by atoms with Crippen molar-refractivity contribution >= 4 is 39.8 Å². The maximum Gasteiger partial charge on any atom is 0.323 e. The smallest absolute Gasteiger partial charge is 0.323 e. The molecule has 1 aliphatic heterocycles. The van der Waals surface area contributed by atoms with Crippen LogP contribution in [0.4, 0.5) is 30.6 Å². The van der Waals surface area contributed by atoms with Gasteiger partial charge in [0, 0.05) is 41.0 Å². The first-order valence-corrected chi connectivity index (χ1v) is 11.4. The Morgan fingerprint density at radius 3 is 2.33 bits per heavy atom. The maximum atomic E-state index is 14.3. The SMILES string of the molecule is O=C(Nc1ccc(F)cc1)Nc1cc(F)cc(C(=O)c2ccc3ncc(N4CCOCC4)cc3c2)c1. The summed E-state index contributed by atoms with van der Waals surface area (Å²) in [4.78, 5) is 32.2. The van der Waals surface area contributed by atoms with E-state index >= 15 is 0 Å². The molecule has 1 saturated heterocycles. The van der Waals surface area contributed by atoms with Crippen LogP contribution in [0.15, 0.2) is 72.9 Å². The van der Waals surface area contributed by atoms with Crippen molar-refractivity contribution in [3.05, 3.63) is 95.7 Å². The van der Waals surface area contributed by atoms with Gasteiger partial charge in [-0.1, -0.05) is 0 Å². The van der Waals surface area contributed by atoms with Gasteiger partial charge in [-0.3, -0.25) is 9.78 Å². The van der Waals surface area contributed by atoms with E-state index in [1.807, 2.05) is 6.07 Å². The Bertz CT molecular complexity index is 1440. The predicted octanol–water partition coefficient (Wildman–Crippen LogP) is 5.22. The third-order valence-corrected chi connectivity index (χ3v) is 5.83. The molecule has 2 N–H and O–H groups in total. The van der Waals surface area contributed by atoms with Gasteiger partial charge in [-0.25, -0.2) is 13.6 Å². The number of halogens is 2. The molecule has 0 atom stereocenters. The van der Waals surface area contributed by atoms with E-state index in [1.165, 1.54) is 30.3 Å². The summed E-state index contributed by atoms with van der Waals surface area (Å²) < 4.78 is 32.8. The van der Waals surface area contributed by atoms with Crippen LogP contribution >= 0.6 is 0 Å². The molecule has 1 aliphatic rings. The molecule has 182 valence electrons. The molecule has 2 amide bonds. The van der Waals surface area contributed by atoms with Gasteiger partial charge in [-0.2, -0.15) is 0 Å². The summed E-state index contributed by atoms with van der Waals surface area (Å²) in [5.74, 6) is -1.50. The number of carbonyl (C=O) groups is 2. The van der Waals surface area contributed by atoms with Gasteiger partial charge in [0.05, 0.1) is 30.6 Å². The molecule has 0 radical (unpaired) electrons. The van der Waals surface area contributed by atoms with E-state index in [4.69, 9.17) is 4.74 Å². The monoisotopic (exact) mass is 488 g/mol. The van der Waals surface area contributed by atoms with Crippen LogP contribution in [0.5, 0.6) is 0 Å². The number of anilines is 3. The molecule has 3 aromatic carbocycles. The number of benzene rings is 3. The number of aromatic nitrogens is 1. The Morgan fingerprint density at radius 2 is 1.56 bits per heavy atom. The first kappa shape index (κ1) is 23.4. The summed E-state index contributed by atoms with van der Waals surface area (Å²) >= 11 is 0. The van der Waals surface area contributed by atoms with Crippen molar-refractivity contribution in [1.82, 2.24) is 4.98 Å². The van der Waals surface area contributed by atoms with Crippen LogP contribution in [0, 0.1) is 11.6 Å². The lowest BCUT2D eigenvalue weighted by atomic mass is 10.0. The van der Waals surface area contributed by atoms with Crippen LogP contribution in [0.3, 0.4) is 0 Å². The van der Waals surface area contributed by atoms with Gasteiger partial charge in [-0.15, -0.1) is 0 Å². The zero-order valence-electron chi connectivity index (χ0n) is 19.1. The predicted molar refractivity (Wildman–Crippen MR) is 134 cm³/mol. The number of hydrogen-bond donors (Lipinski definition) is 2. The molecule has 9 heteroatoms. The van der Waals surface area contributed by atoms with Gasteiger partial charge in [-0.05, 0) is 66.7 Å². The number of ether oxygens (including phenoxy) is 1. The molecular formula is C27H22F2N4O3. The minimum absolute atomic E-state index is 0.0868. The molecule has 0 saturated carbocycles. The van der Waals surface area contributed by atoms with E-state index in [9.17, 15) is 18.4 Å². The van der Waals surface area contributed by atoms with Gasteiger partial charge >= 0.3 is 6.03 Å². The number of ketones is 1. The molecule has 0 spiro atoms. The van der Waals surface area contributed by atoms with E-state index in [2.05, 4.69) is 20.5 Å². The zero-order chi connectivity index (χ0) is 25.1. The number of nitrogens with one attached hydrogen (secondary N) is 2. The fraction of sp³-hybridized carbons (Fsp3) is 0.148. The highest BCUT2D eigenvalue weighted by Crippen LogP contribution is 2.24. The van der Waals surface area contributed by atoms with Crippen LogP contribution in [-0.4, -0.2) is 43.1 Å². The maximum absolute atomic E-state index is 14.3. The van der Waals surface area contributed by atoms with Gasteiger partial charge in [0.1, 0.15) is 11.6 Å². The number of fused-ring (bicyclic) bond motifs is 1. The number of morpholine rings is 1. The summed E-state index contributed by atoms with van der Waals surface area (Å²) in [5, 5.41) is 5.82. The highest BCUT2D eigenvalue weighted by molar-refractivity contribution is 6.11. The van der Waals surface area contributed by atoms with Crippen molar-refractivity contribution in [2.45, 2.75) is 0 Å². The average molecular weight is 488 g/mol. The van der Waals surface area contributed by atoms with E-state index in [-0.39, 0.29) is 11.3 Å². The first-order chi connectivity index (χ1) is 17.4. The highest BCUT2D eigenvalue weighted by Gasteiger charge is 2.16. The molecule has 7 nitrogen and oxygen atoms in total. The molecule has 0 aliphatic carbocycles. The molecule has 1 fully saturated rings. The highest BCUT2D eigenvalue weighted by atomic mass is 19.1.